The second kappa shape index (κ2) is 6.45. The van der Waals surface area contributed by atoms with Gasteiger partial charge in [-0.05, 0) is 60.0 Å². The Kier molecular flexibility index (Phi) is 4.01. The predicted molar refractivity (Wildman–Crippen MR) is 97.5 cm³/mol. The van der Waals surface area contributed by atoms with Gasteiger partial charge < -0.3 is 9.13 Å². The molecule has 1 aromatic carbocycles. The second-order valence-corrected chi connectivity index (χ2v) is 6.64. The van der Waals surface area contributed by atoms with E-state index in [0.717, 1.165) is 23.5 Å². The number of hydrogen-bond acceptors (Lipinski definition) is 3. The Morgan fingerprint density at radius 2 is 1.96 bits per heavy atom. The van der Waals surface area contributed by atoms with Crippen LogP contribution in [0.15, 0.2) is 72.2 Å². The molecule has 0 unspecified atom stereocenters. The molecular formula is C19H18N4S. The quantitative estimate of drug-likeness (QED) is 0.535. The highest BCUT2D eigenvalue weighted by atomic mass is 32.1. The SMILES string of the molecule is C[C@@H](Cc1ccsc1)n1ccnc1-c1ccc(-n2ccnc2)cc1. The first-order valence-corrected chi connectivity index (χ1v) is 8.88. The van der Waals surface area contributed by atoms with Crippen molar-refractivity contribution in [1.82, 2.24) is 19.1 Å². The molecule has 4 aromatic rings. The van der Waals surface area contributed by atoms with E-state index in [0.29, 0.717) is 6.04 Å². The van der Waals surface area contributed by atoms with Crippen molar-refractivity contribution in [2.24, 2.45) is 0 Å². The van der Waals surface area contributed by atoms with E-state index in [1.54, 1.807) is 23.9 Å². The molecule has 0 aliphatic carbocycles. The van der Waals surface area contributed by atoms with E-state index in [4.69, 9.17) is 0 Å². The fourth-order valence-electron chi connectivity index (χ4n) is 2.94. The average Bonchev–Trinajstić information content (AvgIpc) is 3.36. The lowest BCUT2D eigenvalue weighted by Gasteiger charge is -2.16. The average molecular weight is 334 g/mol. The van der Waals surface area contributed by atoms with Gasteiger partial charge in [0.15, 0.2) is 0 Å². The van der Waals surface area contributed by atoms with Gasteiger partial charge >= 0.3 is 0 Å². The molecule has 3 aromatic heterocycles. The van der Waals surface area contributed by atoms with Crippen molar-refractivity contribution in [3.63, 3.8) is 0 Å². The number of thiophene rings is 1. The highest BCUT2D eigenvalue weighted by molar-refractivity contribution is 7.07. The minimum Gasteiger partial charge on any atom is -0.328 e. The van der Waals surface area contributed by atoms with Crippen LogP contribution in [-0.4, -0.2) is 19.1 Å². The van der Waals surface area contributed by atoms with Crippen LogP contribution in [0.4, 0.5) is 0 Å². The zero-order chi connectivity index (χ0) is 16.4. The smallest absolute Gasteiger partial charge is 0.140 e. The van der Waals surface area contributed by atoms with Crippen molar-refractivity contribution >= 4 is 11.3 Å². The minimum absolute atomic E-state index is 0.366. The second-order valence-electron chi connectivity index (χ2n) is 5.86. The molecule has 0 amide bonds. The summed E-state index contributed by atoms with van der Waals surface area (Å²) < 4.78 is 4.25. The number of nitrogens with zero attached hydrogens (tertiary/aromatic N) is 4. The summed E-state index contributed by atoms with van der Waals surface area (Å²) in [6.07, 6.45) is 10.5. The van der Waals surface area contributed by atoms with Crippen LogP contribution in [0.25, 0.3) is 17.1 Å². The molecule has 0 aliphatic heterocycles. The Labute approximate surface area is 145 Å². The fourth-order valence-corrected chi connectivity index (χ4v) is 3.62. The van der Waals surface area contributed by atoms with Crippen LogP contribution in [0.5, 0.6) is 0 Å². The first-order valence-electron chi connectivity index (χ1n) is 7.94. The van der Waals surface area contributed by atoms with Crippen molar-refractivity contribution in [3.05, 3.63) is 77.8 Å². The molecule has 0 saturated heterocycles. The lowest BCUT2D eigenvalue weighted by molar-refractivity contribution is 0.550. The van der Waals surface area contributed by atoms with Gasteiger partial charge in [-0.2, -0.15) is 11.3 Å². The van der Waals surface area contributed by atoms with Gasteiger partial charge in [-0.1, -0.05) is 0 Å². The molecule has 0 aliphatic rings. The third-order valence-corrected chi connectivity index (χ3v) is 4.91. The molecule has 120 valence electrons. The van der Waals surface area contributed by atoms with Crippen LogP contribution in [-0.2, 0) is 6.42 Å². The topological polar surface area (TPSA) is 35.6 Å². The van der Waals surface area contributed by atoms with Gasteiger partial charge in [0.05, 0.1) is 6.33 Å². The third kappa shape index (κ3) is 2.90. The van der Waals surface area contributed by atoms with Gasteiger partial charge in [0.25, 0.3) is 0 Å². The largest absolute Gasteiger partial charge is 0.328 e. The maximum Gasteiger partial charge on any atom is 0.140 e. The molecule has 5 heteroatoms. The van der Waals surface area contributed by atoms with E-state index >= 15 is 0 Å². The van der Waals surface area contributed by atoms with Crippen molar-refractivity contribution in [2.75, 3.05) is 0 Å². The zero-order valence-corrected chi connectivity index (χ0v) is 14.2. The first-order chi connectivity index (χ1) is 11.8. The monoisotopic (exact) mass is 334 g/mol. The van der Waals surface area contributed by atoms with Crippen LogP contribution >= 0.6 is 11.3 Å². The van der Waals surface area contributed by atoms with Crippen LogP contribution in [0.1, 0.15) is 18.5 Å². The van der Waals surface area contributed by atoms with Gasteiger partial charge in [-0.3, -0.25) is 0 Å². The molecule has 0 spiro atoms. The van der Waals surface area contributed by atoms with Gasteiger partial charge in [0, 0.05) is 42.1 Å². The third-order valence-electron chi connectivity index (χ3n) is 4.18. The number of aromatic nitrogens is 4. The molecule has 0 saturated carbocycles. The van der Waals surface area contributed by atoms with Crippen LogP contribution < -0.4 is 0 Å². The normalized spacial score (nSPS) is 12.4. The fraction of sp³-hybridized carbons (Fsp3) is 0.158. The Morgan fingerprint density at radius 3 is 2.67 bits per heavy atom. The Balaban J connectivity index is 1.60. The molecule has 24 heavy (non-hydrogen) atoms. The molecular weight excluding hydrogens is 316 g/mol. The van der Waals surface area contributed by atoms with E-state index in [1.165, 1.54) is 5.56 Å². The van der Waals surface area contributed by atoms with Gasteiger partial charge in [0.2, 0.25) is 0 Å². The molecule has 0 fully saturated rings. The van der Waals surface area contributed by atoms with Gasteiger partial charge in [0.1, 0.15) is 5.82 Å². The number of rotatable bonds is 5. The van der Waals surface area contributed by atoms with Crippen molar-refractivity contribution in [3.8, 4) is 17.1 Å². The van der Waals surface area contributed by atoms with Crippen LogP contribution in [0, 0.1) is 0 Å². The van der Waals surface area contributed by atoms with Crippen molar-refractivity contribution in [2.45, 2.75) is 19.4 Å². The summed E-state index contributed by atoms with van der Waals surface area (Å²) in [7, 11) is 0. The Hall–Kier alpha value is -2.66. The maximum absolute atomic E-state index is 4.58. The Morgan fingerprint density at radius 1 is 1.08 bits per heavy atom. The summed E-state index contributed by atoms with van der Waals surface area (Å²) in [5.74, 6) is 1.01. The predicted octanol–water partition coefficient (Wildman–Crippen LogP) is 4.60. The minimum atomic E-state index is 0.366. The molecule has 0 bridgehead atoms. The maximum atomic E-state index is 4.58. The van der Waals surface area contributed by atoms with Crippen LogP contribution in [0.2, 0.25) is 0 Å². The highest BCUT2D eigenvalue weighted by Crippen LogP contribution is 2.25. The standard InChI is InChI=1S/C19H18N4S/c1-15(12-16-6-11-24-13-16)23-10-8-21-19(23)17-2-4-18(5-3-17)22-9-7-20-14-22/h2-11,13-15H,12H2,1H3/t15-/m0/s1. The molecule has 0 radical (unpaired) electrons. The summed E-state index contributed by atoms with van der Waals surface area (Å²) in [5.41, 5.74) is 3.60. The summed E-state index contributed by atoms with van der Waals surface area (Å²) in [6.45, 7) is 2.24. The van der Waals surface area contributed by atoms with E-state index in [9.17, 15) is 0 Å². The molecule has 4 nitrogen and oxygen atoms in total. The molecule has 0 N–H and O–H groups in total. The summed E-state index contributed by atoms with van der Waals surface area (Å²) in [4.78, 5) is 8.67. The number of benzene rings is 1. The zero-order valence-electron chi connectivity index (χ0n) is 13.4. The van der Waals surface area contributed by atoms with Gasteiger partial charge in [-0.25, -0.2) is 9.97 Å². The van der Waals surface area contributed by atoms with Gasteiger partial charge in [-0.15, -0.1) is 0 Å². The molecule has 1 atom stereocenters. The molecule has 4 rings (SSSR count). The summed E-state index contributed by atoms with van der Waals surface area (Å²) >= 11 is 1.75. The van der Waals surface area contributed by atoms with E-state index in [1.807, 2.05) is 17.0 Å². The lowest BCUT2D eigenvalue weighted by Crippen LogP contribution is -2.08. The van der Waals surface area contributed by atoms with E-state index in [-0.39, 0.29) is 0 Å². The Bertz CT molecular complexity index is 889. The lowest BCUT2D eigenvalue weighted by atomic mass is 10.1. The summed E-state index contributed by atoms with van der Waals surface area (Å²) in [5, 5.41) is 4.35. The van der Waals surface area contributed by atoms with Crippen molar-refractivity contribution < 1.29 is 0 Å². The summed E-state index contributed by atoms with van der Waals surface area (Å²) in [6, 6.07) is 11.0. The highest BCUT2D eigenvalue weighted by Gasteiger charge is 2.12. The van der Waals surface area contributed by atoms with Crippen molar-refractivity contribution in [1.29, 1.82) is 0 Å². The first kappa shape index (κ1) is 14.9. The van der Waals surface area contributed by atoms with E-state index in [2.05, 4.69) is 68.7 Å². The number of imidazole rings is 2. The van der Waals surface area contributed by atoms with E-state index < -0.39 is 0 Å². The number of hydrogen-bond donors (Lipinski definition) is 0. The molecule has 3 heterocycles. The van der Waals surface area contributed by atoms with Crippen LogP contribution in [0.3, 0.4) is 0 Å².